The highest BCUT2D eigenvalue weighted by Crippen LogP contribution is 2.26. The highest BCUT2D eigenvalue weighted by atomic mass is 16.6. The molecule has 0 fully saturated rings. The maximum atomic E-state index is 12.1. The van der Waals surface area contributed by atoms with Gasteiger partial charge in [-0.1, -0.05) is 24.3 Å². The number of anilines is 1. The lowest BCUT2D eigenvalue weighted by Gasteiger charge is -2.19. The van der Waals surface area contributed by atoms with Crippen molar-refractivity contribution < 1.29 is 9.72 Å². The van der Waals surface area contributed by atoms with Gasteiger partial charge >= 0.3 is 6.03 Å². The summed E-state index contributed by atoms with van der Waals surface area (Å²) in [5.74, 6) is 0. The van der Waals surface area contributed by atoms with E-state index in [0.29, 0.717) is 18.8 Å². The van der Waals surface area contributed by atoms with E-state index in [1.54, 1.807) is 29.2 Å². The van der Waals surface area contributed by atoms with Crippen molar-refractivity contribution in [2.24, 2.45) is 0 Å². The fourth-order valence-corrected chi connectivity index (χ4v) is 2.29. The van der Waals surface area contributed by atoms with Crippen LogP contribution in [0.5, 0.6) is 0 Å². The van der Waals surface area contributed by atoms with Gasteiger partial charge in [0.25, 0.3) is 5.69 Å². The maximum absolute atomic E-state index is 12.1. The Morgan fingerprint density at radius 3 is 2.30 bits per heavy atom. The number of urea groups is 1. The minimum Gasteiger partial charge on any atom is -0.325 e. The van der Waals surface area contributed by atoms with Gasteiger partial charge in [0.05, 0.1) is 4.92 Å². The number of nitrogens with one attached hydrogen (secondary N) is 1. The van der Waals surface area contributed by atoms with Crippen LogP contribution in [0.25, 0.3) is 11.1 Å². The summed E-state index contributed by atoms with van der Waals surface area (Å²) in [7, 11) is 0. The third-order valence-corrected chi connectivity index (χ3v) is 3.55. The van der Waals surface area contributed by atoms with E-state index in [0.717, 1.165) is 11.1 Å². The third-order valence-electron chi connectivity index (χ3n) is 3.55. The highest BCUT2D eigenvalue weighted by Gasteiger charge is 2.11. The van der Waals surface area contributed by atoms with Gasteiger partial charge in [0.15, 0.2) is 0 Å². The number of hydrogen-bond acceptors (Lipinski definition) is 3. The Hall–Kier alpha value is -2.89. The van der Waals surface area contributed by atoms with Gasteiger partial charge in [0, 0.05) is 30.9 Å². The molecular formula is C17H19N3O3. The molecule has 23 heavy (non-hydrogen) atoms. The second-order valence-electron chi connectivity index (χ2n) is 4.99. The predicted molar refractivity (Wildman–Crippen MR) is 90.5 cm³/mol. The van der Waals surface area contributed by atoms with Gasteiger partial charge in [-0.2, -0.15) is 0 Å². The standard InChI is InChI=1S/C17H19N3O3/c1-3-19(4-2)17(21)18-15-9-5-7-13(11-15)14-8-6-10-16(12-14)20(22)23/h5-12H,3-4H2,1-2H3,(H,18,21). The van der Waals surface area contributed by atoms with Crippen molar-refractivity contribution in [3.63, 3.8) is 0 Å². The smallest absolute Gasteiger partial charge is 0.321 e. The number of amides is 2. The van der Waals surface area contributed by atoms with E-state index >= 15 is 0 Å². The average molecular weight is 313 g/mol. The summed E-state index contributed by atoms with van der Waals surface area (Å²) in [6, 6.07) is 13.5. The minimum absolute atomic E-state index is 0.0417. The molecule has 0 spiro atoms. The topological polar surface area (TPSA) is 75.5 Å². The Labute approximate surface area is 134 Å². The van der Waals surface area contributed by atoms with Crippen molar-refractivity contribution in [2.75, 3.05) is 18.4 Å². The molecule has 2 amide bonds. The van der Waals surface area contributed by atoms with E-state index in [-0.39, 0.29) is 11.7 Å². The van der Waals surface area contributed by atoms with Crippen LogP contribution in [0.3, 0.4) is 0 Å². The molecule has 2 aromatic carbocycles. The molecule has 0 aliphatic heterocycles. The zero-order valence-electron chi connectivity index (χ0n) is 13.2. The average Bonchev–Trinajstić information content (AvgIpc) is 2.56. The fourth-order valence-electron chi connectivity index (χ4n) is 2.29. The lowest BCUT2D eigenvalue weighted by atomic mass is 10.0. The molecule has 0 aliphatic rings. The number of hydrogen-bond donors (Lipinski definition) is 1. The van der Waals surface area contributed by atoms with Crippen molar-refractivity contribution in [1.82, 2.24) is 4.90 Å². The summed E-state index contributed by atoms with van der Waals surface area (Å²) < 4.78 is 0. The minimum atomic E-state index is -0.421. The van der Waals surface area contributed by atoms with Crippen LogP contribution >= 0.6 is 0 Å². The van der Waals surface area contributed by atoms with Gasteiger partial charge in [0.2, 0.25) is 0 Å². The number of rotatable bonds is 5. The van der Waals surface area contributed by atoms with Gasteiger partial charge in [0.1, 0.15) is 0 Å². The van der Waals surface area contributed by atoms with Crippen LogP contribution in [0, 0.1) is 10.1 Å². The van der Waals surface area contributed by atoms with E-state index in [9.17, 15) is 14.9 Å². The number of nitrogens with zero attached hydrogens (tertiary/aromatic N) is 2. The first-order valence-electron chi connectivity index (χ1n) is 7.46. The van der Waals surface area contributed by atoms with Gasteiger partial charge in [-0.05, 0) is 37.1 Å². The van der Waals surface area contributed by atoms with E-state index in [1.807, 2.05) is 26.0 Å². The first-order valence-corrected chi connectivity index (χ1v) is 7.46. The second-order valence-corrected chi connectivity index (χ2v) is 4.99. The largest absolute Gasteiger partial charge is 0.325 e. The van der Waals surface area contributed by atoms with E-state index < -0.39 is 4.92 Å². The Kier molecular flexibility index (Phi) is 5.30. The van der Waals surface area contributed by atoms with Crippen molar-refractivity contribution in [1.29, 1.82) is 0 Å². The molecule has 0 heterocycles. The van der Waals surface area contributed by atoms with E-state index in [2.05, 4.69) is 5.32 Å². The molecule has 0 aromatic heterocycles. The molecule has 1 N–H and O–H groups in total. The Morgan fingerprint density at radius 1 is 1.09 bits per heavy atom. The number of nitro groups is 1. The molecular weight excluding hydrogens is 294 g/mol. The SMILES string of the molecule is CCN(CC)C(=O)Nc1cccc(-c2cccc([N+](=O)[O-])c2)c1. The van der Waals surface area contributed by atoms with E-state index in [4.69, 9.17) is 0 Å². The second kappa shape index (κ2) is 7.40. The Morgan fingerprint density at radius 2 is 1.70 bits per heavy atom. The van der Waals surface area contributed by atoms with Crippen molar-refractivity contribution >= 4 is 17.4 Å². The highest BCUT2D eigenvalue weighted by molar-refractivity contribution is 5.90. The maximum Gasteiger partial charge on any atom is 0.321 e. The third kappa shape index (κ3) is 4.06. The Bertz CT molecular complexity index is 712. The predicted octanol–water partition coefficient (Wildman–Crippen LogP) is 4.14. The molecule has 120 valence electrons. The van der Waals surface area contributed by atoms with Crippen LogP contribution in [0.2, 0.25) is 0 Å². The van der Waals surface area contributed by atoms with Gasteiger partial charge in [-0.15, -0.1) is 0 Å². The number of carbonyl (C=O) groups is 1. The monoisotopic (exact) mass is 313 g/mol. The van der Waals surface area contributed by atoms with Gasteiger partial charge < -0.3 is 10.2 Å². The molecule has 2 aromatic rings. The van der Waals surface area contributed by atoms with Gasteiger partial charge in [-0.3, -0.25) is 10.1 Å². The van der Waals surface area contributed by atoms with Crippen molar-refractivity contribution in [3.05, 3.63) is 58.6 Å². The molecule has 6 nitrogen and oxygen atoms in total. The molecule has 0 bridgehead atoms. The molecule has 2 rings (SSSR count). The fraction of sp³-hybridized carbons (Fsp3) is 0.235. The normalized spacial score (nSPS) is 10.2. The van der Waals surface area contributed by atoms with Crippen LogP contribution in [0.4, 0.5) is 16.2 Å². The molecule has 0 unspecified atom stereocenters. The van der Waals surface area contributed by atoms with Crippen LogP contribution in [0.1, 0.15) is 13.8 Å². The van der Waals surface area contributed by atoms with Crippen LogP contribution < -0.4 is 5.32 Å². The molecule has 0 radical (unpaired) electrons. The van der Waals surface area contributed by atoms with Crippen LogP contribution in [-0.4, -0.2) is 28.9 Å². The molecule has 0 saturated carbocycles. The Balaban J connectivity index is 2.25. The molecule has 6 heteroatoms. The lowest BCUT2D eigenvalue weighted by Crippen LogP contribution is -2.34. The molecule has 0 saturated heterocycles. The first-order chi connectivity index (χ1) is 11.0. The zero-order valence-corrected chi connectivity index (χ0v) is 13.2. The van der Waals surface area contributed by atoms with Crippen LogP contribution in [0.15, 0.2) is 48.5 Å². The summed E-state index contributed by atoms with van der Waals surface area (Å²) in [6.07, 6.45) is 0. The number of carbonyl (C=O) groups excluding carboxylic acids is 1. The summed E-state index contributed by atoms with van der Waals surface area (Å²) >= 11 is 0. The zero-order chi connectivity index (χ0) is 16.8. The summed E-state index contributed by atoms with van der Waals surface area (Å²) in [6.45, 7) is 5.10. The lowest BCUT2D eigenvalue weighted by molar-refractivity contribution is -0.384. The van der Waals surface area contributed by atoms with Gasteiger partial charge in [-0.25, -0.2) is 4.79 Å². The number of nitro benzene ring substituents is 1. The van der Waals surface area contributed by atoms with E-state index in [1.165, 1.54) is 12.1 Å². The number of non-ortho nitro benzene ring substituents is 1. The quantitative estimate of drug-likeness (QED) is 0.666. The van der Waals surface area contributed by atoms with Crippen molar-refractivity contribution in [2.45, 2.75) is 13.8 Å². The van der Waals surface area contributed by atoms with Crippen LogP contribution in [-0.2, 0) is 0 Å². The summed E-state index contributed by atoms with van der Waals surface area (Å²) in [5, 5.41) is 13.7. The summed E-state index contributed by atoms with van der Waals surface area (Å²) in [5.41, 5.74) is 2.25. The molecule has 0 aliphatic carbocycles. The molecule has 0 atom stereocenters. The van der Waals surface area contributed by atoms with Crippen molar-refractivity contribution in [3.8, 4) is 11.1 Å². The summed E-state index contributed by atoms with van der Waals surface area (Å²) in [4.78, 5) is 24.2. The first kappa shape index (κ1) is 16.5. The number of benzene rings is 2.